The summed E-state index contributed by atoms with van der Waals surface area (Å²) in [5.41, 5.74) is 3.13. The standard InChI is InChI=1S/C32H29F4N5O4S/c1-15-7-20(10-21(8-15)32(34,35)36)26-18(4)41(31(44)45-26)14-25-24(11-37-30(39-25)40-12-22(33)13-40)27-17(3)38-28(46-27)23-6-5-19(29(42)43)9-16(23)2/h5-11,18,22,26H,12-14H2,1-4H3,(H,42,43)/t18-,26-/m0/s1. The highest BCUT2D eigenvalue weighted by atomic mass is 32.1. The van der Waals surface area contributed by atoms with Crippen molar-refractivity contribution in [3.63, 3.8) is 0 Å². The van der Waals surface area contributed by atoms with Gasteiger partial charge >= 0.3 is 18.2 Å². The molecule has 14 heteroatoms. The van der Waals surface area contributed by atoms with E-state index in [4.69, 9.17) is 14.7 Å². The van der Waals surface area contributed by atoms with Crippen LogP contribution >= 0.6 is 11.3 Å². The number of hydrogen-bond donors (Lipinski definition) is 1. The van der Waals surface area contributed by atoms with Crippen LogP contribution in [0.4, 0.5) is 28.3 Å². The molecule has 2 aromatic heterocycles. The molecular weight excluding hydrogens is 626 g/mol. The Balaban J connectivity index is 1.36. The average molecular weight is 656 g/mol. The van der Waals surface area contributed by atoms with Gasteiger partial charge in [0.1, 0.15) is 17.3 Å². The number of aryl methyl sites for hydroxylation is 3. The Kier molecular flexibility index (Phi) is 7.95. The molecule has 240 valence electrons. The monoisotopic (exact) mass is 655 g/mol. The first-order valence-corrected chi connectivity index (χ1v) is 15.2. The van der Waals surface area contributed by atoms with Crippen molar-refractivity contribution in [3.05, 3.63) is 81.8 Å². The number of rotatable bonds is 7. The molecule has 1 amide bonds. The number of ether oxygens (including phenoxy) is 1. The van der Waals surface area contributed by atoms with E-state index in [2.05, 4.69) is 4.98 Å². The number of cyclic esters (lactones) is 1. The molecule has 2 fully saturated rings. The summed E-state index contributed by atoms with van der Waals surface area (Å²) in [6.45, 7) is 7.09. The largest absolute Gasteiger partial charge is 0.478 e. The number of carbonyl (C=O) groups excluding carboxylic acids is 1. The predicted molar refractivity (Wildman–Crippen MR) is 163 cm³/mol. The van der Waals surface area contributed by atoms with Gasteiger partial charge in [-0.05, 0) is 63.1 Å². The summed E-state index contributed by atoms with van der Waals surface area (Å²) < 4.78 is 60.0. The van der Waals surface area contributed by atoms with Crippen LogP contribution in [0, 0.1) is 20.8 Å². The summed E-state index contributed by atoms with van der Waals surface area (Å²) in [5.74, 6) is -0.741. The van der Waals surface area contributed by atoms with Gasteiger partial charge in [-0.1, -0.05) is 17.7 Å². The second-order valence-corrected chi connectivity index (χ2v) is 12.6. The molecule has 0 bridgehead atoms. The summed E-state index contributed by atoms with van der Waals surface area (Å²) in [4.78, 5) is 42.4. The van der Waals surface area contributed by atoms with E-state index in [1.54, 1.807) is 50.1 Å². The van der Waals surface area contributed by atoms with E-state index in [0.29, 0.717) is 33.5 Å². The van der Waals surface area contributed by atoms with Crippen LogP contribution in [0.15, 0.2) is 42.6 Å². The summed E-state index contributed by atoms with van der Waals surface area (Å²) in [7, 11) is 0. The highest BCUT2D eigenvalue weighted by Crippen LogP contribution is 2.41. The normalized spacial score (nSPS) is 18.6. The minimum atomic E-state index is -4.56. The third kappa shape index (κ3) is 5.88. The molecule has 6 rings (SSSR count). The Morgan fingerprint density at radius 3 is 2.48 bits per heavy atom. The van der Waals surface area contributed by atoms with Gasteiger partial charge in [0.15, 0.2) is 0 Å². The van der Waals surface area contributed by atoms with Crippen molar-refractivity contribution in [1.29, 1.82) is 0 Å². The fourth-order valence-electron chi connectivity index (χ4n) is 5.72. The van der Waals surface area contributed by atoms with Crippen LogP contribution in [-0.2, 0) is 17.5 Å². The molecule has 0 spiro atoms. The summed E-state index contributed by atoms with van der Waals surface area (Å²) in [6, 6.07) is 7.77. The topological polar surface area (TPSA) is 109 Å². The molecule has 4 aromatic rings. The van der Waals surface area contributed by atoms with Crippen LogP contribution in [0.5, 0.6) is 0 Å². The van der Waals surface area contributed by atoms with Crippen molar-refractivity contribution >= 4 is 29.3 Å². The lowest BCUT2D eigenvalue weighted by Gasteiger charge is -2.34. The zero-order valence-corrected chi connectivity index (χ0v) is 26.0. The van der Waals surface area contributed by atoms with Gasteiger partial charge in [0, 0.05) is 17.3 Å². The minimum absolute atomic E-state index is 0.0504. The van der Waals surface area contributed by atoms with Crippen LogP contribution < -0.4 is 4.90 Å². The second kappa shape index (κ2) is 11.6. The van der Waals surface area contributed by atoms with Crippen molar-refractivity contribution in [1.82, 2.24) is 19.9 Å². The summed E-state index contributed by atoms with van der Waals surface area (Å²) >= 11 is 1.35. The maximum Gasteiger partial charge on any atom is 0.416 e. The molecule has 46 heavy (non-hydrogen) atoms. The molecule has 2 saturated heterocycles. The SMILES string of the molecule is Cc1cc([C@H]2OC(=O)N(Cc3nc(N4CC(F)C4)ncc3-c3sc(-c4ccc(C(=O)O)cc4C)nc3C)[C@H]2C)cc(C(F)(F)F)c1. The molecule has 2 aliphatic heterocycles. The molecular formula is C32H29F4N5O4S. The Morgan fingerprint density at radius 1 is 1.09 bits per heavy atom. The minimum Gasteiger partial charge on any atom is -0.478 e. The number of aromatic carboxylic acids is 1. The number of aromatic nitrogens is 3. The number of nitrogens with zero attached hydrogens (tertiary/aromatic N) is 5. The van der Waals surface area contributed by atoms with Crippen molar-refractivity contribution in [3.8, 4) is 21.0 Å². The zero-order chi connectivity index (χ0) is 33.1. The molecule has 2 aromatic carbocycles. The molecule has 0 aliphatic carbocycles. The van der Waals surface area contributed by atoms with Gasteiger partial charge in [-0.3, -0.25) is 4.90 Å². The highest BCUT2D eigenvalue weighted by Gasteiger charge is 2.42. The second-order valence-electron chi connectivity index (χ2n) is 11.6. The molecule has 2 atom stereocenters. The summed E-state index contributed by atoms with van der Waals surface area (Å²) in [5, 5.41) is 10.0. The fraction of sp³-hybridized carbons (Fsp3) is 0.344. The number of hydrogen-bond acceptors (Lipinski definition) is 8. The van der Waals surface area contributed by atoms with Gasteiger partial charge in [-0.2, -0.15) is 13.2 Å². The van der Waals surface area contributed by atoms with Crippen LogP contribution in [-0.4, -0.2) is 62.3 Å². The third-order valence-corrected chi connectivity index (χ3v) is 9.41. The van der Waals surface area contributed by atoms with E-state index in [1.165, 1.54) is 22.3 Å². The number of anilines is 1. The number of alkyl halides is 4. The van der Waals surface area contributed by atoms with Crippen LogP contribution in [0.25, 0.3) is 21.0 Å². The Morgan fingerprint density at radius 2 is 1.83 bits per heavy atom. The number of thiazole rings is 1. The van der Waals surface area contributed by atoms with Gasteiger partial charge in [0.05, 0.1) is 53.1 Å². The van der Waals surface area contributed by atoms with Gasteiger partial charge < -0.3 is 14.7 Å². The lowest BCUT2D eigenvalue weighted by Crippen LogP contribution is -2.49. The number of benzene rings is 2. The quantitative estimate of drug-likeness (QED) is 0.209. The van der Waals surface area contributed by atoms with Crippen molar-refractivity contribution in [2.24, 2.45) is 0 Å². The van der Waals surface area contributed by atoms with E-state index >= 15 is 0 Å². The van der Waals surface area contributed by atoms with Crippen molar-refractivity contribution < 1.29 is 37.0 Å². The first-order valence-electron chi connectivity index (χ1n) is 14.4. The van der Waals surface area contributed by atoms with Gasteiger partial charge in [0.2, 0.25) is 5.95 Å². The Hall–Kier alpha value is -4.59. The number of carbonyl (C=O) groups is 2. The maximum atomic E-state index is 13.7. The first kappa shape index (κ1) is 31.4. The fourth-order valence-corrected chi connectivity index (χ4v) is 6.91. The van der Waals surface area contributed by atoms with E-state index in [1.807, 2.05) is 6.92 Å². The first-order chi connectivity index (χ1) is 21.7. The zero-order valence-electron chi connectivity index (χ0n) is 25.2. The van der Waals surface area contributed by atoms with Gasteiger partial charge in [-0.15, -0.1) is 11.3 Å². The number of amides is 1. The van der Waals surface area contributed by atoms with E-state index < -0.39 is 42.1 Å². The number of carboxylic acid groups (broad SMARTS) is 1. The molecule has 0 radical (unpaired) electrons. The molecule has 2 aliphatic rings. The Bertz CT molecular complexity index is 1860. The summed E-state index contributed by atoms with van der Waals surface area (Å²) in [6.07, 6.45) is -5.61. The lowest BCUT2D eigenvalue weighted by molar-refractivity contribution is -0.137. The third-order valence-electron chi connectivity index (χ3n) is 8.19. The van der Waals surface area contributed by atoms with Crippen LogP contribution in [0.2, 0.25) is 0 Å². The number of halogens is 4. The molecule has 0 unspecified atom stereocenters. The molecule has 1 N–H and O–H groups in total. The molecule has 9 nitrogen and oxygen atoms in total. The molecule has 0 saturated carbocycles. The van der Waals surface area contributed by atoms with Crippen molar-refractivity contribution in [2.45, 2.75) is 58.7 Å². The van der Waals surface area contributed by atoms with Gasteiger partial charge in [0.25, 0.3) is 0 Å². The highest BCUT2D eigenvalue weighted by molar-refractivity contribution is 7.18. The number of carboxylic acids is 1. The van der Waals surface area contributed by atoms with Crippen LogP contribution in [0.1, 0.15) is 57.0 Å². The van der Waals surface area contributed by atoms with E-state index in [0.717, 1.165) is 28.1 Å². The van der Waals surface area contributed by atoms with Gasteiger partial charge in [-0.25, -0.2) is 28.9 Å². The average Bonchev–Trinajstić information content (AvgIpc) is 3.49. The van der Waals surface area contributed by atoms with E-state index in [-0.39, 0.29) is 30.8 Å². The Labute approximate surface area is 265 Å². The lowest BCUT2D eigenvalue weighted by atomic mass is 9.98. The smallest absolute Gasteiger partial charge is 0.416 e. The van der Waals surface area contributed by atoms with Crippen LogP contribution in [0.3, 0.4) is 0 Å². The molecule has 4 heterocycles. The van der Waals surface area contributed by atoms with Crippen molar-refractivity contribution in [2.75, 3.05) is 18.0 Å². The van der Waals surface area contributed by atoms with E-state index in [9.17, 15) is 32.3 Å². The maximum absolute atomic E-state index is 13.7. The predicted octanol–water partition coefficient (Wildman–Crippen LogP) is 7.15.